The van der Waals surface area contributed by atoms with Gasteiger partial charge < -0.3 is 23.9 Å². The Morgan fingerprint density at radius 1 is 1.08 bits per heavy atom. The summed E-state index contributed by atoms with van der Waals surface area (Å²) in [7, 11) is 1.61. The minimum absolute atomic E-state index is 0.278. The summed E-state index contributed by atoms with van der Waals surface area (Å²) in [4.78, 5) is 12.7. The first-order valence-electron chi connectivity index (χ1n) is 8.44. The van der Waals surface area contributed by atoms with Crippen molar-refractivity contribution in [1.82, 2.24) is 0 Å². The van der Waals surface area contributed by atoms with Gasteiger partial charge in [0.15, 0.2) is 17.3 Å². The normalized spacial score (nSPS) is 13.3. The van der Waals surface area contributed by atoms with Gasteiger partial charge in [-0.25, -0.2) is 0 Å². The average Bonchev–Trinajstić information content (AvgIpc) is 2.82. The molecule has 4 rings (SSSR count). The minimum Gasteiger partial charge on any atom is -0.497 e. The van der Waals surface area contributed by atoms with Gasteiger partial charge >= 0.3 is 0 Å². The maximum absolute atomic E-state index is 12.7. The zero-order valence-corrected chi connectivity index (χ0v) is 14.6. The lowest BCUT2D eigenvalue weighted by Crippen LogP contribution is -2.12. The van der Waals surface area contributed by atoms with Gasteiger partial charge in [0.25, 0.3) is 5.91 Å². The second kappa shape index (κ2) is 6.63. The van der Waals surface area contributed by atoms with Crippen molar-refractivity contribution in [2.24, 2.45) is 0 Å². The van der Waals surface area contributed by atoms with E-state index in [0.29, 0.717) is 36.0 Å². The highest BCUT2D eigenvalue weighted by Gasteiger charge is 2.19. The number of aryl methyl sites for hydroxylation is 1. The summed E-state index contributed by atoms with van der Waals surface area (Å²) in [5.74, 6) is 2.00. The van der Waals surface area contributed by atoms with Crippen LogP contribution in [0.2, 0.25) is 0 Å². The van der Waals surface area contributed by atoms with Gasteiger partial charge in [-0.3, -0.25) is 4.79 Å². The van der Waals surface area contributed by atoms with E-state index < -0.39 is 0 Å². The van der Waals surface area contributed by atoms with Crippen molar-refractivity contribution >= 4 is 22.6 Å². The van der Waals surface area contributed by atoms with Gasteiger partial charge in [0.05, 0.1) is 20.3 Å². The van der Waals surface area contributed by atoms with Crippen molar-refractivity contribution in [2.45, 2.75) is 13.3 Å². The molecule has 0 atom stereocenters. The number of anilines is 1. The second-order valence-corrected chi connectivity index (χ2v) is 6.08. The van der Waals surface area contributed by atoms with Crippen LogP contribution in [0.1, 0.15) is 22.5 Å². The molecule has 0 radical (unpaired) electrons. The molecule has 3 aromatic rings. The number of nitrogens with one attached hydrogen (secondary N) is 1. The molecule has 0 saturated carbocycles. The van der Waals surface area contributed by atoms with E-state index in [9.17, 15) is 4.79 Å². The molecule has 2 heterocycles. The SMILES string of the molecule is COc1ccc2oc(C(=O)Nc3ccc4c(c3)OCCCO4)c(C)c2c1. The van der Waals surface area contributed by atoms with E-state index in [1.807, 2.05) is 13.0 Å². The Hall–Kier alpha value is -3.15. The highest BCUT2D eigenvalue weighted by molar-refractivity contribution is 6.06. The highest BCUT2D eigenvalue weighted by Crippen LogP contribution is 2.33. The quantitative estimate of drug-likeness (QED) is 0.765. The molecule has 0 saturated heterocycles. The standard InChI is InChI=1S/C20H19NO5/c1-12-15-11-14(23-2)5-7-16(15)26-19(12)20(22)21-13-4-6-17-18(10-13)25-9-3-8-24-17/h4-7,10-11H,3,8-9H2,1-2H3,(H,21,22). The monoisotopic (exact) mass is 353 g/mol. The van der Waals surface area contributed by atoms with Gasteiger partial charge in [-0.05, 0) is 37.3 Å². The Kier molecular flexibility index (Phi) is 4.16. The molecule has 1 aliphatic rings. The number of hydrogen-bond acceptors (Lipinski definition) is 5. The van der Waals surface area contributed by atoms with Crippen molar-refractivity contribution in [3.8, 4) is 17.2 Å². The van der Waals surface area contributed by atoms with Crippen molar-refractivity contribution < 1.29 is 23.4 Å². The summed E-state index contributed by atoms with van der Waals surface area (Å²) in [6.07, 6.45) is 0.831. The predicted molar refractivity (Wildman–Crippen MR) is 97.5 cm³/mol. The van der Waals surface area contributed by atoms with Crippen LogP contribution in [0.4, 0.5) is 5.69 Å². The number of rotatable bonds is 3. The maximum Gasteiger partial charge on any atom is 0.291 e. The molecule has 0 spiro atoms. The minimum atomic E-state index is -0.313. The molecule has 0 aliphatic carbocycles. The maximum atomic E-state index is 12.7. The van der Waals surface area contributed by atoms with Crippen LogP contribution in [0.3, 0.4) is 0 Å². The lowest BCUT2D eigenvalue weighted by molar-refractivity contribution is 0.0998. The van der Waals surface area contributed by atoms with Crippen LogP contribution in [-0.4, -0.2) is 26.2 Å². The summed E-state index contributed by atoms with van der Waals surface area (Å²) >= 11 is 0. The molecule has 2 aromatic carbocycles. The number of furan rings is 1. The third-order valence-corrected chi connectivity index (χ3v) is 4.35. The fourth-order valence-corrected chi connectivity index (χ4v) is 2.97. The second-order valence-electron chi connectivity index (χ2n) is 6.08. The zero-order chi connectivity index (χ0) is 18.1. The van der Waals surface area contributed by atoms with Crippen LogP contribution in [0.15, 0.2) is 40.8 Å². The lowest BCUT2D eigenvalue weighted by atomic mass is 10.1. The third kappa shape index (κ3) is 2.94. The summed E-state index contributed by atoms with van der Waals surface area (Å²) in [5.41, 5.74) is 2.04. The number of benzene rings is 2. The van der Waals surface area contributed by atoms with Crippen molar-refractivity contribution in [3.63, 3.8) is 0 Å². The molecule has 6 heteroatoms. The topological polar surface area (TPSA) is 69.9 Å². The Morgan fingerprint density at radius 2 is 1.88 bits per heavy atom. The molecule has 1 N–H and O–H groups in total. The summed E-state index contributed by atoms with van der Waals surface area (Å²) < 4.78 is 22.2. The molecular formula is C20H19NO5. The van der Waals surface area contributed by atoms with Gasteiger partial charge in [0, 0.05) is 29.1 Å². The molecule has 1 aliphatic heterocycles. The molecule has 0 bridgehead atoms. The number of fused-ring (bicyclic) bond motifs is 2. The molecule has 0 fully saturated rings. The average molecular weight is 353 g/mol. The Labute approximate surface area is 150 Å². The van der Waals surface area contributed by atoms with E-state index in [0.717, 1.165) is 23.1 Å². The number of carbonyl (C=O) groups excluding carboxylic acids is 1. The largest absolute Gasteiger partial charge is 0.497 e. The van der Waals surface area contributed by atoms with Crippen LogP contribution < -0.4 is 19.5 Å². The smallest absolute Gasteiger partial charge is 0.291 e. The summed E-state index contributed by atoms with van der Waals surface area (Å²) in [6, 6.07) is 10.8. The first-order chi connectivity index (χ1) is 12.7. The molecule has 6 nitrogen and oxygen atoms in total. The van der Waals surface area contributed by atoms with Gasteiger partial charge in [0.1, 0.15) is 11.3 Å². The zero-order valence-electron chi connectivity index (χ0n) is 14.6. The van der Waals surface area contributed by atoms with E-state index in [1.54, 1.807) is 37.4 Å². The number of hydrogen-bond donors (Lipinski definition) is 1. The van der Waals surface area contributed by atoms with Gasteiger partial charge in [-0.15, -0.1) is 0 Å². The summed E-state index contributed by atoms with van der Waals surface area (Å²) in [5, 5.41) is 3.71. The van der Waals surface area contributed by atoms with E-state index in [-0.39, 0.29) is 11.7 Å². The van der Waals surface area contributed by atoms with Crippen LogP contribution in [0.5, 0.6) is 17.2 Å². The van der Waals surface area contributed by atoms with E-state index in [2.05, 4.69) is 5.32 Å². The van der Waals surface area contributed by atoms with Crippen LogP contribution in [0.25, 0.3) is 11.0 Å². The first-order valence-corrected chi connectivity index (χ1v) is 8.44. The molecule has 0 unspecified atom stereocenters. The van der Waals surface area contributed by atoms with Gasteiger partial charge in [-0.1, -0.05) is 0 Å². The van der Waals surface area contributed by atoms with Crippen LogP contribution in [-0.2, 0) is 0 Å². The summed E-state index contributed by atoms with van der Waals surface area (Å²) in [6.45, 7) is 3.07. The van der Waals surface area contributed by atoms with E-state index in [4.69, 9.17) is 18.6 Å². The third-order valence-electron chi connectivity index (χ3n) is 4.35. The first kappa shape index (κ1) is 16.3. The van der Waals surface area contributed by atoms with Crippen molar-refractivity contribution in [2.75, 3.05) is 25.6 Å². The van der Waals surface area contributed by atoms with Gasteiger partial charge in [-0.2, -0.15) is 0 Å². The lowest BCUT2D eigenvalue weighted by Gasteiger charge is -2.10. The number of amides is 1. The van der Waals surface area contributed by atoms with Crippen molar-refractivity contribution in [1.29, 1.82) is 0 Å². The highest BCUT2D eigenvalue weighted by atomic mass is 16.5. The molecule has 1 amide bonds. The Balaban J connectivity index is 1.61. The fraction of sp³-hybridized carbons (Fsp3) is 0.250. The molecule has 26 heavy (non-hydrogen) atoms. The van der Waals surface area contributed by atoms with Crippen molar-refractivity contribution in [3.05, 3.63) is 47.7 Å². The van der Waals surface area contributed by atoms with Gasteiger partial charge in [0.2, 0.25) is 0 Å². The predicted octanol–water partition coefficient (Wildman–Crippen LogP) is 4.16. The molecular weight excluding hydrogens is 334 g/mol. The molecule has 1 aromatic heterocycles. The Morgan fingerprint density at radius 3 is 2.69 bits per heavy atom. The van der Waals surface area contributed by atoms with Crippen LogP contribution >= 0.6 is 0 Å². The van der Waals surface area contributed by atoms with E-state index >= 15 is 0 Å². The number of methoxy groups -OCH3 is 1. The molecule has 134 valence electrons. The number of carbonyl (C=O) groups is 1. The Bertz CT molecular complexity index is 976. The van der Waals surface area contributed by atoms with Crippen LogP contribution in [0, 0.1) is 6.92 Å². The number of ether oxygens (including phenoxy) is 3. The fourth-order valence-electron chi connectivity index (χ4n) is 2.97. The van der Waals surface area contributed by atoms with E-state index in [1.165, 1.54) is 0 Å².